The van der Waals surface area contributed by atoms with Gasteiger partial charge in [0, 0.05) is 18.2 Å². The van der Waals surface area contributed by atoms with Crippen molar-refractivity contribution in [3.63, 3.8) is 0 Å². The predicted octanol–water partition coefficient (Wildman–Crippen LogP) is 2.18. The van der Waals surface area contributed by atoms with Crippen molar-refractivity contribution in [3.8, 4) is 0 Å². The SMILES string of the molecule is CC(C)NS(=O)(=O)c1ccc(NC(=O)CCS(=O)(=O)c2ccccc2)cc1. The average molecular weight is 411 g/mol. The Kier molecular flexibility index (Phi) is 6.74. The van der Waals surface area contributed by atoms with Gasteiger partial charge in [-0.15, -0.1) is 0 Å². The largest absolute Gasteiger partial charge is 0.326 e. The van der Waals surface area contributed by atoms with Crippen LogP contribution in [-0.2, 0) is 24.7 Å². The van der Waals surface area contributed by atoms with Gasteiger partial charge in [-0.2, -0.15) is 0 Å². The van der Waals surface area contributed by atoms with Gasteiger partial charge in [0.1, 0.15) is 0 Å². The summed E-state index contributed by atoms with van der Waals surface area (Å²) in [6, 6.07) is 13.4. The van der Waals surface area contributed by atoms with Crippen LogP contribution in [0.15, 0.2) is 64.4 Å². The number of anilines is 1. The van der Waals surface area contributed by atoms with Crippen LogP contribution < -0.4 is 10.0 Å². The number of nitrogens with one attached hydrogen (secondary N) is 2. The average Bonchev–Trinajstić information content (AvgIpc) is 2.60. The number of carbonyl (C=O) groups is 1. The number of hydrogen-bond donors (Lipinski definition) is 2. The van der Waals surface area contributed by atoms with Gasteiger partial charge in [0.05, 0.1) is 15.5 Å². The Morgan fingerprint density at radius 3 is 2.04 bits per heavy atom. The fourth-order valence-corrected chi connectivity index (χ4v) is 4.80. The molecule has 2 N–H and O–H groups in total. The van der Waals surface area contributed by atoms with Crippen molar-refractivity contribution in [3.05, 3.63) is 54.6 Å². The minimum absolute atomic E-state index is 0.0841. The van der Waals surface area contributed by atoms with E-state index in [1.807, 2.05) is 0 Å². The summed E-state index contributed by atoms with van der Waals surface area (Å²) >= 11 is 0. The van der Waals surface area contributed by atoms with E-state index in [2.05, 4.69) is 10.0 Å². The fourth-order valence-electron chi connectivity index (χ4n) is 2.29. The third-order valence-electron chi connectivity index (χ3n) is 3.54. The van der Waals surface area contributed by atoms with Crippen molar-refractivity contribution in [1.29, 1.82) is 0 Å². The second kappa shape index (κ2) is 8.64. The van der Waals surface area contributed by atoms with E-state index in [1.165, 1.54) is 36.4 Å². The van der Waals surface area contributed by atoms with Gasteiger partial charge in [-0.1, -0.05) is 18.2 Å². The normalized spacial score (nSPS) is 12.1. The van der Waals surface area contributed by atoms with Crippen LogP contribution in [0.4, 0.5) is 5.69 Å². The minimum Gasteiger partial charge on any atom is -0.326 e. The van der Waals surface area contributed by atoms with E-state index in [4.69, 9.17) is 0 Å². The number of sulfone groups is 1. The summed E-state index contributed by atoms with van der Waals surface area (Å²) in [5.74, 6) is -0.779. The molecule has 0 bridgehead atoms. The molecule has 0 aliphatic carbocycles. The van der Waals surface area contributed by atoms with Crippen LogP contribution in [0.25, 0.3) is 0 Å². The molecular weight excluding hydrogens is 388 g/mol. The van der Waals surface area contributed by atoms with Gasteiger partial charge in [-0.05, 0) is 50.2 Å². The summed E-state index contributed by atoms with van der Waals surface area (Å²) in [5, 5.41) is 2.57. The van der Waals surface area contributed by atoms with E-state index in [0.29, 0.717) is 5.69 Å². The van der Waals surface area contributed by atoms with Crippen LogP contribution in [-0.4, -0.2) is 34.5 Å². The second-order valence-corrected chi connectivity index (χ2v) is 10.1. The topological polar surface area (TPSA) is 109 Å². The highest BCUT2D eigenvalue weighted by molar-refractivity contribution is 7.91. The molecule has 0 heterocycles. The molecule has 0 spiro atoms. The monoisotopic (exact) mass is 410 g/mol. The maximum Gasteiger partial charge on any atom is 0.240 e. The van der Waals surface area contributed by atoms with Gasteiger partial charge in [0.2, 0.25) is 15.9 Å². The Morgan fingerprint density at radius 2 is 1.48 bits per heavy atom. The first kappa shape index (κ1) is 21.1. The van der Waals surface area contributed by atoms with Crippen molar-refractivity contribution in [2.45, 2.75) is 36.1 Å². The molecule has 0 aliphatic heterocycles. The van der Waals surface area contributed by atoms with Gasteiger partial charge in [-0.3, -0.25) is 4.79 Å². The highest BCUT2D eigenvalue weighted by atomic mass is 32.2. The van der Waals surface area contributed by atoms with Gasteiger partial charge in [0.25, 0.3) is 0 Å². The second-order valence-electron chi connectivity index (χ2n) is 6.23. The molecule has 0 saturated carbocycles. The molecule has 146 valence electrons. The van der Waals surface area contributed by atoms with Crippen LogP contribution in [0.2, 0.25) is 0 Å². The molecule has 2 aromatic carbocycles. The molecule has 0 atom stereocenters. The first-order valence-electron chi connectivity index (χ1n) is 8.30. The molecular formula is C18H22N2O5S2. The zero-order valence-electron chi connectivity index (χ0n) is 15.0. The van der Waals surface area contributed by atoms with Gasteiger partial charge < -0.3 is 5.32 Å². The Hall–Kier alpha value is -2.23. The Balaban J connectivity index is 1.96. The van der Waals surface area contributed by atoms with Crippen LogP contribution in [0, 0.1) is 0 Å². The number of carbonyl (C=O) groups excluding carboxylic acids is 1. The number of hydrogen-bond acceptors (Lipinski definition) is 5. The van der Waals surface area contributed by atoms with Crippen molar-refractivity contribution in [2.75, 3.05) is 11.1 Å². The summed E-state index contributed by atoms with van der Waals surface area (Å²) in [5.41, 5.74) is 0.389. The maximum absolute atomic E-state index is 12.2. The van der Waals surface area contributed by atoms with E-state index >= 15 is 0 Å². The fraction of sp³-hybridized carbons (Fsp3) is 0.278. The van der Waals surface area contributed by atoms with Gasteiger partial charge in [0.15, 0.2) is 9.84 Å². The first-order chi connectivity index (χ1) is 12.6. The molecule has 0 saturated heterocycles. The molecule has 0 radical (unpaired) electrons. The van der Waals surface area contributed by atoms with E-state index in [-0.39, 0.29) is 28.0 Å². The van der Waals surface area contributed by atoms with Crippen LogP contribution >= 0.6 is 0 Å². The summed E-state index contributed by atoms with van der Waals surface area (Å²) in [4.78, 5) is 12.3. The highest BCUT2D eigenvalue weighted by Gasteiger charge is 2.17. The lowest BCUT2D eigenvalue weighted by molar-refractivity contribution is -0.115. The number of benzene rings is 2. The molecule has 0 aliphatic rings. The quantitative estimate of drug-likeness (QED) is 0.693. The molecule has 27 heavy (non-hydrogen) atoms. The van der Waals surface area contributed by atoms with Crippen molar-refractivity contribution in [2.24, 2.45) is 0 Å². The zero-order chi connectivity index (χ0) is 20.1. The molecule has 7 nitrogen and oxygen atoms in total. The van der Waals surface area contributed by atoms with E-state index in [0.717, 1.165) is 0 Å². The Morgan fingerprint density at radius 1 is 0.889 bits per heavy atom. The molecule has 9 heteroatoms. The highest BCUT2D eigenvalue weighted by Crippen LogP contribution is 2.15. The molecule has 0 fully saturated rings. The number of sulfonamides is 1. The molecule has 0 aromatic heterocycles. The van der Waals surface area contributed by atoms with Gasteiger partial charge in [-0.25, -0.2) is 21.6 Å². The van der Waals surface area contributed by atoms with Crippen LogP contribution in [0.1, 0.15) is 20.3 Å². The summed E-state index contributed by atoms with van der Waals surface area (Å²) < 4.78 is 50.9. The third-order valence-corrected chi connectivity index (χ3v) is 6.95. The molecule has 1 amide bonds. The summed E-state index contributed by atoms with van der Waals surface area (Å²) in [6.07, 6.45) is -0.202. The van der Waals surface area contributed by atoms with Crippen molar-refractivity contribution < 1.29 is 21.6 Å². The third kappa shape index (κ3) is 6.16. The zero-order valence-corrected chi connectivity index (χ0v) is 16.7. The first-order valence-corrected chi connectivity index (χ1v) is 11.4. The van der Waals surface area contributed by atoms with Crippen LogP contribution in [0.5, 0.6) is 0 Å². The molecule has 2 rings (SSSR count). The van der Waals surface area contributed by atoms with E-state index in [9.17, 15) is 21.6 Å². The lowest BCUT2D eigenvalue weighted by Gasteiger charge is -2.10. The number of rotatable bonds is 8. The minimum atomic E-state index is -3.61. The smallest absolute Gasteiger partial charge is 0.240 e. The lowest BCUT2D eigenvalue weighted by atomic mass is 10.3. The summed E-state index contributed by atoms with van der Waals surface area (Å²) in [7, 11) is -7.14. The molecule has 2 aromatic rings. The summed E-state index contributed by atoms with van der Waals surface area (Å²) in [6.45, 7) is 3.44. The lowest BCUT2D eigenvalue weighted by Crippen LogP contribution is -2.30. The maximum atomic E-state index is 12.2. The standard InChI is InChI=1S/C18H22N2O5S2/c1-14(2)20-27(24,25)17-10-8-15(9-11-17)19-18(21)12-13-26(22,23)16-6-4-3-5-7-16/h3-11,14,20H,12-13H2,1-2H3,(H,19,21). The van der Waals surface area contributed by atoms with Crippen molar-refractivity contribution >= 4 is 31.5 Å². The van der Waals surface area contributed by atoms with E-state index < -0.39 is 25.8 Å². The Bertz CT molecular complexity index is 984. The predicted molar refractivity (Wildman–Crippen MR) is 104 cm³/mol. The van der Waals surface area contributed by atoms with E-state index in [1.54, 1.807) is 32.0 Å². The van der Waals surface area contributed by atoms with Crippen molar-refractivity contribution in [1.82, 2.24) is 4.72 Å². The molecule has 0 unspecified atom stereocenters. The Labute approximate surface area is 159 Å². The van der Waals surface area contributed by atoms with Crippen LogP contribution in [0.3, 0.4) is 0 Å². The number of amides is 1. The van der Waals surface area contributed by atoms with Gasteiger partial charge >= 0.3 is 0 Å².